The minimum atomic E-state index is -0.310. The Hall–Kier alpha value is -0.970. The summed E-state index contributed by atoms with van der Waals surface area (Å²) < 4.78 is 0. The summed E-state index contributed by atoms with van der Waals surface area (Å²) in [6, 6.07) is -0.310. The van der Waals surface area contributed by atoms with E-state index < -0.39 is 0 Å². The number of carbonyl (C=O) groups is 2. The van der Waals surface area contributed by atoms with Gasteiger partial charge in [0.15, 0.2) is 0 Å². The van der Waals surface area contributed by atoms with Crippen LogP contribution < -0.4 is 5.73 Å². The van der Waals surface area contributed by atoms with Crippen LogP contribution in [0.2, 0.25) is 0 Å². The van der Waals surface area contributed by atoms with Crippen molar-refractivity contribution in [2.24, 2.45) is 23.5 Å². The number of likely N-dealkylation sites (tertiary alicyclic amines) is 1. The number of imide groups is 1. The van der Waals surface area contributed by atoms with Gasteiger partial charge < -0.3 is 5.73 Å². The summed E-state index contributed by atoms with van der Waals surface area (Å²) in [7, 11) is 0. The van der Waals surface area contributed by atoms with E-state index in [9.17, 15) is 9.59 Å². The van der Waals surface area contributed by atoms with Crippen molar-refractivity contribution in [2.75, 3.05) is 0 Å². The standard InChI is InChI=1S/C12H16N2O2S/c13-10(17)9(6-4-5-6)14-11(15)7-2-1-3-8(7)12(14)16/h6-9H,1-5H2,(H2,13,17). The van der Waals surface area contributed by atoms with Gasteiger partial charge in [-0.15, -0.1) is 0 Å². The number of nitrogens with zero attached hydrogens (tertiary/aromatic N) is 1. The van der Waals surface area contributed by atoms with Crippen molar-refractivity contribution in [1.82, 2.24) is 4.90 Å². The molecule has 0 spiro atoms. The molecule has 2 aliphatic carbocycles. The van der Waals surface area contributed by atoms with Crippen LogP contribution >= 0.6 is 12.2 Å². The number of fused-ring (bicyclic) bond motifs is 1. The molecule has 1 saturated heterocycles. The molecule has 1 heterocycles. The molecule has 17 heavy (non-hydrogen) atoms. The smallest absolute Gasteiger partial charge is 0.233 e. The molecule has 0 radical (unpaired) electrons. The molecule has 2 amide bonds. The second-order valence-corrected chi connectivity index (χ2v) is 5.85. The molecule has 3 rings (SSSR count). The lowest BCUT2D eigenvalue weighted by Gasteiger charge is -2.26. The molecule has 3 unspecified atom stereocenters. The van der Waals surface area contributed by atoms with Crippen LogP contribution in [-0.4, -0.2) is 27.7 Å². The van der Waals surface area contributed by atoms with Crippen molar-refractivity contribution in [3.8, 4) is 0 Å². The highest BCUT2D eigenvalue weighted by atomic mass is 32.1. The van der Waals surface area contributed by atoms with Gasteiger partial charge in [-0.05, 0) is 31.6 Å². The van der Waals surface area contributed by atoms with Crippen LogP contribution in [0.5, 0.6) is 0 Å². The van der Waals surface area contributed by atoms with Crippen LogP contribution in [0.3, 0.4) is 0 Å². The van der Waals surface area contributed by atoms with E-state index in [1.54, 1.807) is 0 Å². The number of carbonyl (C=O) groups excluding carboxylic acids is 2. The number of nitrogens with two attached hydrogens (primary N) is 1. The van der Waals surface area contributed by atoms with Crippen LogP contribution in [-0.2, 0) is 9.59 Å². The van der Waals surface area contributed by atoms with Gasteiger partial charge in [0, 0.05) is 0 Å². The van der Waals surface area contributed by atoms with Gasteiger partial charge in [-0.25, -0.2) is 0 Å². The average molecular weight is 252 g/mol. The topological polar surface area (TPSA) is 63.4 Å². The highest BCUT2D eigenvalue weighted by Crippen LogP contribution is 2.44. The van der Waals surface area contributed by atoms with E-state index in [1.165, 1.54) is 4.90 Å². The van der Waals surface area contributed by atoms with Gasteiger partial charge in [-0.2, -0.15) is 0 Å². The summed E-state index contributed by atoms with van der Waals surface area (Å²) >= 11 is 5.04. The number of hydrogen-bond donors (Lipinski definition) is 1. The quantitative estimate of drug-likeness (QED) is 0.597. The molecule has 92 valence electrons. The average Bonchev–Trinajstić information content (AvgIpc) is 2.92. The highest BCUT2D eigenvalue weighted by Gasteiger charge is 2.54. The Bertz CT molecular complexity index is 383. The van der Waals surface area contributed by atoms with E-state index in [4.69, 9.17) is 18.0 Å². The lowest BCUT2D eigenvalue weighted by molar-refractivity contribution is -0.142. The minimum absolute atomic E-state index is 0.0257. The van der Waals surface area contributed by atoms with E-state index in [0.29, 0.717) is 10.9 Å². The Morgan fingerprint density at radius 3 is 2.12 bits per heavy atom. The zero-order chi connectivity index (χ0) is 12.2. The maximum absolute atomic E-state index is 12.3. The van der Waals surface area contributed by atoms with Crippen LogP contribution in [0, 0.1) is 17.8 Å². The van der Waals surface area contributed by atoms with Crippen LogP contribution in [0.15, 0.2) is 0 Å². The maximum Gasteiger partial charge on any atom is 0.233 e. The first-order valence-electron chi connectivity index (χ1n) is 6.27. The van der Waals surface area contributed by atoms with E-state index in [2.05, 4.69) is 0 Å². The fourth-order valence-corrected chi connectivity index (χ4v) is 3.57. The molecular weight excluding hydrogens is 236 g/mol. The van der Waals surface area contributed by atoms with Crippen molar-refractivity contribution in [3.05, 3.63) is 0 Å². The second-order valence-electron chi connectivity index (χ2n) is 5.38. The molecule has 0 aromatic heterocycles. The first kappa shape index (κ1) is 11.1. The molecule has 1 aliphatic heterocycles. The van der Waals surface area contributed by atoms with Crippen LogP contribution in [0.1, 0.15) is 32.1 Å². The van der Waals surface area contributed by atoms with Crippen molar-refractivity contribution >= 4 is 29.0 Å². The predicted octanol–water partition coefficient (Wildman–Crippen LogP) is 0.836. The number of thiocarbonyl (C=S) groups is 1. The molecule has 2 N–H and O–H groups in total. The first-order valence-corrected chi connectivity index (χ1v) is 6.68. The third-order valence-corrected chi connectivity index (χ3v) is 4.50. The Morgan fingerprint density at radius 2 is 1.71 bits per heavy atom. The third-order valence-electron chi connectivity index (χ3n) is 4.26. The summed E-state index contributed by atoms with van der Waals surface area (Å²) in [6.07, 6.45) is 4.73. The van der Waals surface area contributed by atoms with Gasteiger partial charge >= 0.3 is 0 Å². The first-order chi connectivity index (χ1) is 8.11. The van der Waals surface area contributed by atoms with E-state index in [-0.39, 0.29) is 29.7 Å². The number of rotatable bonds is 3. The van der Waals surface area contributed by atoms with Crippen molar-refractivity contribution in [2.45, 2.75) is 38.1 Å². The Kier molecular flexibility index (Phi) is 2.47. The summed E-state index contributed by atoms with van der Waals surface area (Å²) in [6.45, 7) is 0. The van der Waals surface area contributed by atoms with Gasteiger partial charge in [0.25, 0.3) is 0 Å². The fraction of sp³-hybridized carbons (Fsp3) is 0.750. The van der Waals surface area contributed by atoms with E-state index >= 15 is 0 Å². The lowest BCUT2D eigenvalue weighted by Crippen LogP contribution is -2.49. The summed E-state index contributed by atoms with van der Waals surface area (Å²) in [5, 5.41) is 0. The molecule has 0 aromatic rings. The molecule has 3 fully saturated rings. The zero-order valence-electron chi connectivity index (χ0n) is 9.59. The summed E-state index contributed by atoms with van der Waals surface area (Å²) in [5.74, 6) is 0.0971. The van der Waals surface area contributed by atoms with Crippen LogP contribution in [0.4, 0.5) is 0 Å². The lowest BCUT2D eigenvalue weighted by atomic mass is 10.00. The molecule has 4 nitrogen and oxygen atoms in total. The van der Waals surface area contributed by atoms with Crippen molar-refractivity contribution < 1.29 is 9.59 Å². The summed E-state index contributed by atoms with van der Waals surface area (Å²) in [5.41, 5.74) is 5.72. The Balaban J connectivity index is 1.89. The highest BCUT2D eigenvalue weighted by molar-refractivity contribution is 7.80. The summed E-state index contributed by atoms with van der Waals surface area (Å²) in [4.78, 5) is 26.2. The number of amides is 2. The van der Waals surface area contributed by atoms with E-state index in [0.717, 1.165) is 32.1 Å². The molecule has 3 aliphatic rings. The zero-order valence-corrected chi connectivity index (χ0v) is 10.4. The monoisotopic (exact) mass is 252 g/mol. The van der Waals surface area contributed by atoms with Gasteiger partial charge in [-0.3, -0.25) is 14.5 Å². The molecule has 2 saturated carbocycles. The Morgan fingerprint density at radius 1 is 1.18 bits per heavy atom. The molecule has 3 atom stereocenters. The molecular formula is C12H16N2O2S. The molecule has 0 bridgehead atoms. The van der Waals surface area contributed by atoms with Crippen molar-refractivity contribution in [3.63, 3.8) is 0 Å². The fourth-order valence-electron chi connectivity index (χ4n) is 3.27. The number of hydrogen-bond acceptors (Lipinski definition) is 3. The van der Waals surface area contributed by atoms with Gasteiger partial charge in [-0.1, -0.05) is 18.6 Å². The molecule has 0 aromatic carbocycles. The normalized spacial score (nSPS) is 34.0. The van der Waals surface area contributed by atoms with E-state index in [1.807, 2.05) is 0 Å². The van der Waals surface area contributed by atoms with Crippen molar-refractivity contribution in [1.29, 1.82) is 0 Å². The van der Waals surface area contributed by atoms with Crippen LogP contribution in [0.25, 0.3) is 0 Å². The minimum Gasteiger partial charge on any atom is -0.392 e. The maximum atomic E-state index is 12.3. The predicted molar refractivity (Wildman–Crippen MR) is 66.0 cm³/mol. The second kappa shape index (κ2) is 3.77. The molecule has 5 heteroatoms. The van der Waals surface area contributed by atoms with Gasteiger partial charge in [0.1, 0.15) is 0 Å². The van der Waals surface area contributed by atoms with Gasteiger partial charge in [0.2, 0.25) is 11.8 Å². The Labute approximate surface area is 106 Å². The third kappa shape index (κ3) is 1.59. The SMILES string of the molecule is NC(=S)C(C1CC1)N1C(=O)C2CCCC2C1=O. The largest absolute Gasteiger partial charge is 0.392 e. The van der Waals surface area contributed by atoms with Gasteiger partial charge in [0.05, 0.1) is 22.9 Å².